The van der Waals surface area contributed by atoms with E-state index in [0.717, 1.165) is 38.2 Å². The average molecular weight is 475 g/mol. The number of halogens is 3. The van der Waals surface area contributed by atoms with Crippen LogP contribution in [0.2, 0.25) is 0 Å². The lowest BCUT2D eigenvalue weighted by Gasteiger charge is -2.26. The fourth-order valence-electron chi connectivity index (χ4n) is 4.24. The summed E-state index contributed by atoms with van der Waals surface area (Å²) in [4.78, 5) is 11.0. The van der Waals surface area contributed by atoms with Crippen LogP contribution in [0.4, 0.5) is 24.7 Å². The van der Waals surface area contributed by atoms with Crippen LogP contribution < -0.4 is 14.8 Å². The molecule has 182 valence electrons. The molecule has 1 aliphatic heterocycles. The van der Waals surface area contributed by atoms with Gasteiger partial charge >= 0.3 is 6.18 Å². The van der Waals surface area contributed by atoms with Crippen LogP contribution in [-0.4, -0.2) is 48.2 Å². The van der Waals surface area contributed by atoms with Gasteiger partial charge in [-0.25, -0.2) is 9.97 Å². The number of likely N-dealkylation sites (tertiary alicyclic amines) is 1. The van der Waals surface area contributed by atoms with Gasteiger partial charge in [0.25, 0.3) is 0 Å². The van der Waals surface area contributed by atoms with Crippen molar-refractivity contribution in [2.75, 3.05) is 38.7 Å². The molecule has 0 unspecified atom stereocenters. The number of ether oxygens (including phenoxy) is 2. The number of hydrogen-bond acceptors (Lipinski definition) is 6. The zero-order valence-corrected chi connectivity index (χ0v) is 19.4. The molecule has 1 fully saturated rings. The van der Waals surface area contributed by atoms with Crippen LogP contribution in [0.15, 0.2) is 36.7 Å². The highest BCUT2D eigenvalue weighted by atomic mass is 19.4. The molecule has 4 rings (SSSR count). The third-order valence-electron chi connectivity index (χ3n) is 5.91. The molecule has 1 N–H and O–H groups in total. The maximum Gasteiger partial charge on any atom is 0.416 e. The lowest BCUT2D eigenvalue weighted by Crippen LogP contribution is -2.31. The molecular weight excluding hydrogens is 445 g/mol. The summed E-state index contributed by atoms with van der Waals surface area (Å²) in [6.07, 6.45) is 1.68. The van der Waals surface area contributed by atoms with Crippen LogP contribution in [0.3, 0.4) is 0 Å². The normalized spacial score (nSPS) is 14.9. The second kappa shape index (κ2) is 10.5. The van der Waals surface area contributed by atoms with Crippen LogP contribution in [0.1, 0.15) is 36.8 Å². The number of rotatable bonds is 8. The van der Waals surface area contributed by atoms with Crippen molar-refractivity contribution in [1.29, 1.82) is 0 Å². The number of aryl methyl sites for hydroxylation is 1. The molecule has 1 saturated heterocycles. The summed E-state index contributed by atoms with van der Waals surface area (Å²) in [6.45, 7) is 5.48. The third-order valence-corrected chi connectivity index (χ3v) is 5.91. The van der Waals surface area contributed by atoms with Crippen LogP contribution in [0, 0.1) is 6.92 Å². The second-order valence-electron chi connectivity index (χ2n) is 8.56. The molecule has 0 bridgehead atoms. The molecule has 0 amide bonds. The number of fused-ring (bicyclic) bond motifs is 1. The second-order valence-corrected chi connectivity index (χ2v) is 8.56. The fraction of sp³-hybridized carbons (Fsp3) is 0.440. The van der Waals surface area contributed by atoms with Gasteiger partial charge in [-0.05, 0) is 69.1 Å². The summed E-state index contributed by atoms with van der Waals surface area (Å²) in [6, 6.07) is 7.34. The van der Waals surface area contributed by atoms with E-state index in [9.17, 15) is 13.2 Å². The van der Waals surface area contributed by atoms with Gasteiger partial charge in [-0.15, -0.1) is 0 Å². The predicted molar refractivity (Wildman–Crippen MR) is 126 cm³/mol. The highest BCUT2D eigenvalue weighted by Crippen LogP contribution is 2.36. The van der Waals surface area contributed by atoms with E-state index in [4.69, 9.17) is 9.47 Å². The molecule has 3 aromatic rings. The van der Waals surface area contributed by atoms with Gasteiger partial charge in [0.05, 0.1) is 24.8 Å². The quantitative estimate of drug-likeness (QED) is 0.406. The van der Waals surface area contributed by atoms with Gasteiger partial charge in [0, 0.05) is 23.7 Å². The summed E-state index contributed by atoms with van der Waals surface area (Å²) in [5, 5.41) is 3.63. The van der Waals surface area contributed by atoms with Crippen molar-refractivity contribution in [1.82, 2.24) is 14.9 Å². The van der Waals surface area contributed by atoms with Crippen molar-refractivity contribution in [3.8, 4) is 11.5 Å². The Kier molecular flexibility index (Phi) is 7.41. The Labute approximate surface area is 197 Å². The Bertz CT molecular complexity index is 1130. The van der Waals surface area contributed by atoms with E-state index in [0.29, 0.717) is 46.1 Å². The maximum atomic E-state index is 13.2. The number of anilines is 2. The lowest BCUT2D eigenvalue weighted by atomic mass is 10.1. The number of nitrogens with one attached hydrogen (secondary N) is 1. The van der Waals surface area contributed by atoms with Gasteiger partial charge in [-0.2, -0.15) is 13.2 Å². The van der Waals surface area contributed by atoms with Gasteiger partial charge in [0.2, 0.25) is 0 Å². The first-order valence-corrected chi connectivity index (χ1v) is 11.5. The van der Waals surface area contributed by atoms with Crippen molar-refractivity contribution < 1.29 is 22.6 Å². The molecule has 0 aliphatic carbocycles. The molecule has 0 radical (unpaired) electrons. The number of alkyl halides is 3. The zero-order valence-electron chi connectivity index (χ0n) is 19.4. The summed E-state index contributed by atoms with van der Waals surface area (Å²) < 4.78 is 51.2. The first kappa shape index (κ1) is 24.1. The Morgan fingerprint density at radius 2 is 1.79 bits per heavy atom. The number of nitrogens with zero attached hydrogens (tertiary/aromatic N) is 3. The molecule has 2 aromatic carbocycles. The van der Waals surface area contributed by atoms with E-state index in [1.807, 2.05) is 0 Å². The number of hydrogen-bond donors (Lipinski definition) is 1. The SMILES string of the molecule is COc1cc2c(Nc3cc(C)cc(C(F)(F)F)c3)ncnc2cc1OCCCN1CCCCC1. The van der Waals surface area contributed by atoms with Crippen molar-refractivity contribution in [3.63, 3.8) is 0 Å². The van der Waals surface area contributed by atoms with Crippen molar-refractivity contribution in [2.45, 2.75) is 38.8 Å². The first-order valence-electron chi connectivity index (χ1n) is 11.5. The minimum atomic E-state index is -4.43. The molecule has 0 spiro atoms. The van der Waals surface area contributed by atoms with Crippen molar-refractivity contribution in [2.24, 2.45) is 0 Å². The summed E-state index contributed by atoms with van der Waals surface area (Å²) >= 11 is 0. The average Bonchev–Trinajstić information content (AvgIpc) is 2.81. The molecule has 0 saturated carbocycles. The smallest absolute Gasteiger partial charge is 0.416 e. The highest BCUT2D eigenvalue weighted by molar-refractivity contribution is 5.93. The standard InChI is InChI=1S/C25H29F3N4O2/c1-17-11-18(25(26,27)28)13-19(12-17)31-24-20-14-22(33-2)23(15-21(20)29-16-30-24)34-10-6-9-32-7-4-3-5-8-32/h11-16H,3-10H2,1-2H3,(H,29,30,31). The molecule has 1 aromatic heterocycles. The van der Waals surface area contributed by atoms with Gasteiger partial charge in [-0.3, -0.25) is 0 Å². The van der Waals surface area contributed by atoms with E-state index >= 15 is 0 Å². The molecule has 9 heteroatoms. The van der Waals surface area contributed by atoms with Crippen molar-refractivity contribution in [3.05, 3.63) is 47.8 Å². The molecular formula is C25H29F3N4O2. The van der Waals surface area contributed by atoms with E-state index in [2.05, 4.69) is 20.2 Å². The topological polar surface area (TPSA) is 59.5 Å². The van der Waals surface area contributed by atoms with E-state index < -0.39 is 11.7 Å². The van der Waals surface area contributed by atoms with E-state index in [-0.39, 0.29) is 0 Å². The monoisotopic (exact) mass is 474 g/mol. The lowest BCUT2D eigenvalue weighted by molar-refractivity contribution is -0.137. The largest absolute Gasteiger partial charge is 0.493 e. The highest BCUT2D eigenvalue weighted by Gasteiger charge is 2.31. The Morgan fingerprint density at radius 1 is 1.00 bits per heavy atom. The minimum absolute atomic E-state index is 0.296. The predicted octanol–water partition coefficient (Wildman–Crippen LogP) is 5.96. The summed E-state index contributed by atoms with van der Waals surface area (Å²) in [7, 11) is 1.55. The number of methoxy groups -OCH3 is 1. The van der Waals surface area contributed by atoms with Crippen LogP contribution in [-0.2, 0) is 6.18 Å². The molecule has 6 nitrogen and oxygen atoms in total. The molecule has 1 aliphatic rings. The van der Waals surface area contributed by atoms with Gasteiger partial charge in [-0.1, -0.05) is 6.42 Å². The van der Waals surface area contributed by atoms with Gasteiger partial charge < -0.3 is 19.7 Å². The summed E-state index contributed by atoms with van der Waals surface area (Å²) in [5.41, 5.74) is 0.678. The minimum Gasteiger partial charge on any atom is -0.493 e. The Hall–Kier alpha value is -3.07. The van der Waals surface area contributed by atoms with Crippen LogP contribution in [0.5, 0.6) is 11.5 Å². The Morgan fingerprint density at radius 3 is 2.53 bits per heavy atom. The van der Waals surface area contributed by atoms with E-state index in [1.165, 1.54) is 25.6 Å². The van der Waals surface area contributed by atoms with Gasteiger partial charge in [0.1, 0.15) is 12.1 Å². The van der Waals surface area contributed by atoms with E-state index in [1.54, 1.807) is 32.2 Å². The molecule has 34 heavy (non-hydrogen) atoms. The molecule has 2 heterocycles. The summed E-state index contributed by atoms with van der Waals surface area (Å²) in [5.74, 6) is 1.48. The first-order chi connectivity index (χ1) is 16.3. The third kappa shape index (κ3) is 5.88. The number of aromatic nitrogens is 2. The Balaban J connectivity index is 1.52. The maximum absolute atomic E-state index is 13.2. The molecule has 0 atom stereocenters. The zero-order chi connectivity index (χ0) is 24.1. The van der Waals surface area contributed by atoms with Crippen molar-refractivity contribution >= 4 is 22.4 Å². The van der Waals surface area contributed by atoms with Crippen LogP contribution in [0.25, 0.3) is 10.9 Å². The number of piperidine rings is 1. The van der Waals surface area contributed by atoms with Crippen LogP contribution >= 0.6 is 0 Å². The van der Waals surface area contributed by atoms with Gasteiger partial charge in [0.15, 0.2) is 11.5 Å². The number of benzene rings is 2. The fourth-order valence-corrected chi connectivity index (χ4v) is 4.24.